The smallest absolute Gasteiger partial charge is 0.302 e. The molecule has 1 aliphatic rings. The van der Waals surface area contributed by atoms with Crippen molar-refractivity contribution in [1.29, 1.82) is 0 Å². The van der Waals surface area contributed by atoms with Gasteiger partial charge in [-0.15, -0.1) is 0 Å². The van der Waals surface area contributed by atoms with E-state index >= 15 is 0 Å². The Morgan fingerprint density at radius 1 is 1.33 bits per heavy atom. The molecule has 0 aromatic rings. The predicted molar refractivity (Wildman–Crippen MR) is 51.1 cm³/mol. The normalized spacial score (nSPS) is 29.9. The second-order valence-corrected chi connectivity index (χ2v) is 3.67. The molecule has 86 valence electrons. The van der Waals surface area contributed by atoms with Gasteiger partial charge in [0.1, 0.15) is 18.8 Å². The number of carbonyl (C=O) groups excluding carboxylic acids is 2. The number of esters is 2. The van der Waals surface area contributed by atoms with Gasteiger partial charge in [0.2, 0.25) is 0 Å². The van der Waals surface area contributed by atoms with Gasteiger partial charge in [0.25, 0.3) is 0 Å². The van der Waals surface area contributed by atoms with E-state index in [1.807, 2.05) is 6.92 Å². The summed E-state index contributed by atoms with van der Waals surface area (Å²) in [6, 6.07) is 0. The Morgan fingerprint density at radius 3 is 2.53 bits per heavy atom. The zero-order valence-corrected chi connectivity index (χ0v) is 9.19. The average molecular weight is 216 g/mol. The van der Waals surface area contributed by atoms with Crippen LogP contribution in [0.1, 0.15) is 27.2 Å². The highest BCUT2D eigenvalue weighted by Gasteiger charge is 2.35. The molecule has 0 bridgehead atoms. The molecule has 3 unspecified atom stereocenters. The number of carbonyl (C=O) groups is 2. The minimum Gasteiger partial charge on any atom is -0.463 e. The first-order valence-corrected chi connectivity index (χ1v) is 4.95. The average Bonchev–Trinajstić information content (AvgIpc) is 2.41. The molecule has 0 radical (unpaired) electrons. The minimum atomic E-state index is -0.361. The van der Waals surface area contributed by atoms with E-state index in [9.17, 15) is 9.59 Å². The fourth-order valence-corrected chi connectivity index (χ4v) is 1.60. The van der Waals surface area contributed by atoms with Gasteiger partial charge in [-0.05, 0) is 6.92 Å². The molecule has 15 heavy (non-hydrogen) atoms. The molecule has 5 heteroatoms. The zero-order valence-electron chi connectivity index (χ0n) is 9.19. The third-order valence-electron chi connectivity index (χ3n) is 2.15. The van der Waals surface area contributed by atoms with Crippen molar-refractivity contribution in [3.8, 4) is 0 Å². The molecule has 1 aliphatic heterocycles. The number of ether oxygens (including phenoxy) is 3. The molecule has 0 amide bonds. The highest BCUT2D eigenvalue weighted by molar-refractivity contribution is 5.66. The van der Waals surface area contributed by atoms with Crippen LogP contribution < -0.4 is 0 Å². The third-order valence-corrected chi connectivity index (χ3v) is 2.15. The van der Waals surface area contributed by atoms with Crippen molar-refractivity contribution >= 4 is 11.9 Å². The maximum atomic E-state index is 10.8. The van der Waals surface area contributed by atoms with E-state index in [2.05, 4.69) is 0 Å². The molecule has 0 aromatic heterocycles. The van der Waals surface area contributed by atoms with Gasteiger partial charge < -0.3 is 14.2 Å². The van der Waals surface area contributed by atoms with Gasteiger partial charge in [-0.2, -0.15) is 0 Å². The van der Waals surface area contributed by atoms with Crippen LogP contribution in [0.3, 0.4) is 0 Å². The SMILES string of the molecule is CC(=O)OCC1OC(C)CC1OC(C)=O. The van der Waals surface area contributed by atoms with Gasteiger partial charge in [0.15, 0.2) is 0 Å². The standard InChI is InChI=1S/C10H16O5/c1-6-4-9(15-8(3)12)10(14-6)5-13-7(2)11/h6,9-10H,4-5H2,1-3H3. The lowest BCUT2D eigenvalue weighted by Gasteiger charge is -2.17. The van der Waals surface area contributed by atoms with Gasteiger partial charge in [-0.25, -0.2) is 0 Å². The summed E-state index contributed by atoms with van der Waals surface area (Å²) in [4.78, 5) is 21.4. The van der Waals surface area contributed by atoms with Crippen LogP contribution in [0.15, 0.2) is 0 Å². The van der Waals surface area contributed by atoms with Gasteiger partial charge in [0, 0.05) is 20.3 Å². The van der Waals surface area contributed by atoms with Crippen LogP contribution in [0, 0.1) is 0 Å². The van der Waals surface area contributed by atoms with Crippen molar-refractivity contribution < 1.29 is 23.8 Å². The quantitative estimate of drug-likeness (QED) is 0.648. The Labute approximate surface area is 88.7 Å². The summed E-state index contributed by atoms with van der Waals surface area (Å²) in [5, 5.41) is 0. The van der Waals surface area contributed by atoms with Gasteiger partial charge in [-0.1, -0.05) is 0 Å². The Balaban J connectivity index is 2.45. The van der Waals surface area contributed by atoms with Crippen molar-refractivity contribution in [1.82, 2.24) is 0 Å². The molecular weight excluding hydrogens is 200 g/mol. The van der Waals surface area contributed by atoms with Crippen LogP contribution in [-0.2, 0) is 23.8 Å². The van der Waals surface area contributed by atoms with Crippen LogP contribution in [0.5, 0.6) is 0 Å². The van der Waals surface area contributed by atoms with E-state index in [1.165, 1.54) is 13.8 Å². The first-order valence-electron chi connectivity index (χ1n) is 4.95. The fourth-order valence-electron chi connectivity index (χ4n) is 1.60. The van der Waals surface area contributed by atoms with Crippen molar-refractivity contribution in [3.63, 3.8) is 0 Å². The van der Waals surface area contributed by atoms with Crippen molar-refractivity contribution in [2.75, 3.05) is 6.61 Å². The topological polar surface area (TPSA) is 61.8 Å². The van der Waals surface area contributed by atoms with Crippen molar-refractivity contribution in [2.45, 2.75) is 45.5 Å². The van der Waals surface area contributed by atoms with Gasteiger partial charge in [0.05, 0.1) is 6.10 Å². The largest absolute Gasteiger partial charge is 0.463 e. The molecule has 1 fully saturated rings. The second-order valence-electron chi connectivity index (χ2n) is 3.67. The van der Waals surface area contributed by atoms with E-state index in [-0.39, 0.29) is 36.9 Å². The summed E-state index contributed by atoms with van der Waals surface area (Å²) >= 11 is 0. The Morgan fingerprint density at radius 2 is 2.00 bits per heavy atom. The monoisotopic (exact) mass is 216 g/mol. The van der Waals surface area contributed by atoms with Crippen LogP contribution in [0.2, 0.25) is 0 Å². The molecule has 3 atom stereocenters. The fraction of sp³-hybridized carbons (Fsp3) is 0.800. The van der Waals surface area contributed by atoms with Crippen LogP contribution in [0.4, 0.5) is 0 Å². The summed E-state index contributed by atoms with van der Waals surface area (Å²) < 4.78 is 15.4. The first kappa shape index (κ1) is 12.0. The molecule has 0 aliphatic carbocycles. The summed E-state index contributed by atoms with van der Waals surface area (Å²) in [5.74, 6) is -0.703. The molecule has 0 N–H and O–H groups in total. The third kappa shape index (κ3) is 3.87. The van der Waals surface area contributed by atoms with E-state index in [0.29, 0.717) is 6.42 Å². The molecular formula is C10H16O5. The molecule has 1 heterocycles. The van der Waals surface area contributed by atoms with E-state index < -0.39 is 0 Å². The highest BCUT2D eigenvalue weighted by Crippen LogP contribution is 2.23. The predicted octanol–water partition coefficient (Wildman–Crippen LogP) is 0.659. The van der Waals surface area contributed by atoms with E-state index in [4.69, 9.17) is 14.2 Å². The Hall–Kier alpha value is -1.10. The highest BCUT2D eigenvalue weighted by atomic mass is 16.6. The lowest BCUT2D eigenvalue weighted by atomic mass is 10.1. The van der Waals surface area contributed by atoms with Crippen LogP contribution in [0.25, 0.3) is 0 Å². The number of hydrogen-bond acceptors (Lipinski definition) is 5. The van der Waals surface area contributed by atoms with Crippen LogP contribution in [-0.4, -0.2) is 36.9 Å². The Bertz CT molecular complexity index is 250. The summed E-state index contributed by atoms with van der Waals surface area (Å²) in [5.41, 5.74) is 0. The minimum absolute atomic E-state index is 0.0231. The summed E-state index contributed by atoms with van der Waals surface area (Å²) in [6.07, 6.45) is 0.0189. The molecule has 0 aromatic carbocycles. The second kappa shape index (κ2) is 5.11. The zero-order chi connectivity index (χ0) is 11.4. The Kier molecular flexibility index (Phi) is 4.08. The molecule has 1 rings (SSSR count). The van der Waals surface area contributed by atoms with Gasteiger partial charge >= 0.3 is 11.9 Å². The van der Waals surface area contributed by atoms with Gasteiger partial charge in [-0.3, -0.25) is 9.59 Å². The first-order chi connectivity index (χ1) is 6.99. The molecule has 0 spiro atoms. The maximum absolute atomic E-state index is 10.8. The van der Waals surface area contributed by atoms with Crippen LogP contribution >= 0.6 is 0 Å². The number of hydrogen-bond donors (Lipinski definition) is 0. The van der Waals surface area contributed by atoms with E-state index in [1.54, 1.807) is 0 Å². The molecule has 5 nitrogen and oxygen atoms in total. The summed E-state index contributed by atoms with van der Waals surface area (Å²) in [6.45, 7) is 4.72. The van der Waals surface area contributed by atoms with Crippen molar-refractivity contribution in [2.24, 2.45) is 0 Å². The maximum Gasteiger partial charge on any atom is 0.302 e. The van der Waals surface area contributed by atoms with E-state index in [0.717, 1.165) is 0 Å². The molecule has 0 saturated carbocycles. The molecule has 1 saturated heterocycles. The lowest BCUT2D eigenvalue weighted by molar-refractivity contribution is -0.154. The number of rotatable bonds is 3. The van der Waals surface area contributed by atoms with Crippen molar-refractivity contribution in [3.05, 3.63) is 0 Å². The lowest BCUT2D eigenvalue weighted by Crippen LogP contribution is -2.31. The summed E-state index contributed by atoms with van der Waals surface area (Å²) in [7, 11) is 0.